The van der Waals surface area contributed by atoms with Crippen LogP contribution in [0.5, 0.6) is 0 Å². The molecule has 0 aliphatic heterocycles. The highest BCUT2D eigenvalue weighted by Crippen LogP contribution is 2.19. The molecular formula is C14H20N2. The van der Waals surface area contributed by atoms with Crippen LogP contribution in [0.25, 0.3) is 0 Å². The number of benzene rings is 1. The minimum absolute atomic E-state index is 0.101. The molecule has 0 saturated carbocycles. The lowest BCUT2D eigenvalue weighted by Gasteiger charge is -2.15. The Hall–Kier alpha value is -1.46. The van der Waals surface area contributed by atoms with Crippen LogP contribution in [-0.2, 0) is 0 Å². The number of rotatable bonds is 5. The van der Waals surface area contributed by atoms with Crippen molar-refractivity contribution in [2.75, 3.05) is 19.0 Å². The van der Waals surface area contributed by atoms with E-state index in [4.69, 9.17) is 12.2 Å². The molecule has 16 heavy (non-hydrogen) atoms. The van der Waals surface area contributed by atoms with E-state index in [-0.39, 0.29) is 6.04 Å². The molecule has 2 heteroatoms. The Balaban J connectivity index is 2.56. The predicted molar refractivity (Wildman–Crippen MR) is 70.4 cm³/mol. The fourth-order valence-corrected chi connectivity index (χ4v) is 1.61. The molecule has 86 valence electrons. The maximum atomic E-state index is 6.08. The summed E-state index contributed by atoms with van der Waals surface area (Å²) >= 11 is 0. The molecule has 0 aliphatic rings. The first-order chi connectivity index (χ1) is 7.65. The van der Waals surface area contributed by atoms with Crippen molar-refractivity contribution in [3.8, 4) is 12.3 Å². The van der Waals surface area contributed by atoms with Gasteiger partial charge in [-0.15, -0.1) is 12.3 Å². The monoisotopic (exact) mass is 216 g/mol. The van der Waals surface area contributed by atoms with Gasteiger partial charge in [-0.05, 0) is 30.5 Å². The zero-order chi connectivity index (χ0) is 12.0. The number of anilines is 1. The maximum Gasteiger partial charge on any atom is 0.0361 e. The van der Waals surface area contributed by atoms with Crippen molar-refractivity contribution in [3.63, 3.8) is 0 Å². The molecule has 0 heterocycles. The lowest BCUT2D eigenvalue weighted by atomic mass is 10.0. The average Bonchev–Trinajstić information content (AvgIpc) is 2.29. The summed E-state index contributed by atoms with van der Waals surface area (Å²) < 4.78 is 0. The van der Waals surface area contributed by atoms with E-state index in [1.54, 1.807) is 0 Å². The third-order valence-corrected chi connectivity index (χ3v) is 2.67. The fraction of sp³-hybridized carbons (Fsp3) is 0.429. The van der Waals surface area contributed by atoms with Crippen molar-refractivity contribution in [3.05, 3.63) is 29.8 Å². The first kappa shape index (κ1) is 12.6. The van der Waals surface area contributed by atoms with Crippen molar-refractivity contribution >= 4 is 5.69 Å². The van der Waals surface area contributed by atoms with Gasteiger partial charge in [-0.3, -0.25) is 0 Å². The van der Waals surface area contributed by atoms with Gasteiger partial charge >= 0.3 is 0 Å². The van der Waals surface area contributed by atoms with E-state index in [0.29, 0.717) is 0 Å². The molecule has 2 nitrogen and oxygen atoms in total. The molecule has 0 amide bonds. The number of terminal acetylenes is 1. The Bertz CT molecular complexity index is 346. The smallest absolute Gasteiger partial charge is 0.0361 e. The van der Waals surface area contributed by atoms with Crippen molar-refractivity contribution < 1.29 is 0 Å². The van der Waals surface area contributed by atoms with Crippen LogP contribution < -0.4 is 10.6 Å². The molecule has 1 aromatic carbocycles. The Kier molecular flexibility index (Phi) is 4.88. The summed E-state index contributed by atoms with van der Waals surface area (Å²) in [6.07, 6.45) is 7.96. The van der Waals surface area contributed by atoms with Crippen LogP contribution in [0, 0.1) is 12.3 Å². The van der Waals surface area contributed by atoms with Crippen molar-refractivity contribution in [2.24, 2.45) is 5.73 Å². The number of hydrogen-bond acceptors (Lipinski definition) is 2. The third kappa shape index (κ3) is 3.60. The molecule has 0 aromatic heterocycles. The van der Waals surface area contributed by atoms with Gasteiger partial charge in [-0.25, -0.2) is 0 Å². The van der Waals surface area contributed by atoms with Crippen molar-refractivity contribution in [1.82, 2.24) is 0 Å². The molecule has 0 bridgehead atoms. The largest absolute Gasteiger partial charge is 0.378 e. The van der Waals surface area contributed by atoms with Gasteiger partial charge < -0.3 is 10.6 Å². The maximum absolute atomic E-state index is 6.08. The Labute approximate surface area is 98.4 Å². The van der Waals surface area contributed by atoms with Gasteiger partial charge in [0.05, 0.1) is 0 Å². The summed E-state index contributed by atoms with van der Waals surface area (Å²) in [5, 5.41) is 0. The Morgan fingerprint density at radius 2 is 1.94 bits per heavy atom. The van der Waals surface area contributed by atoms with Crippen LogP contribution in [0.15, 0.2) is 24.3 Å². The molecule has 0 fully saturated rings. The SMILES string of the molecule is C#CCCCC(N)c1ccc(N(C)C)cc1. The van der Waals surface area contributed by atoms with E-state index < -0.39 is 0 Å². The molecule has 0 radical (unpaired) electrons. The molecule has 1 rings (SSSR count). The highest BCUT2D eigenvalue weighted by Gasteiger charge is 2.05. The van der Waals surface area contributed by atoms with Crippen molar-refractivity contribution in [1.29, 1.82) is 0 Å². The summed E-state index contributed by atoms with van der Waals surface area (Å²) in [4.78, 5) is 2.08. The summed E-state index contributed by atoms with van der Waals surface area (Å²) in [6.45, 7) is 0. The minimum Gasteiger partial charge on any atom is -0.378 e. The summed E-state index contributed by atoms with van der Waals surface area (Å²) in [7, 11) is 4.06. The van der Waals surface area contributed by atoms with Gasteiger partial charge in [-0.2, -0.15) is 0 Å². The standard InChI is InChI=1S/C14H20N2/c1-4-5-6-7-14(15)12-8-10-13(11-9-12)16(2)3/h1,8-11,14H,5-7,15H2,2-3H3. The van der Waals surface area contributed by atoms with Gasteiger partial charge in [0.25, 0.3) is 0 Å². The second kappa shape index (κ2) is 6.19. The normalized spacial score (nSPS) is 11.9. The molecule has 0 saturated heterocycles. The van der Waals surface area contributed by atoms with Gasteiger partial charge in [0.1, 0.15) is 0 Å². The first-order valence-electron chi connectivity index (χ1n) is 5.61. The zero-order valence-corrected chi connectivity index (χ0v) is 10.1. The molecule has 1 unspecified atom stereocenters. The topological polar surface area (TPSA) is 29.3 Å². The average molecular weight is 216 g/mol. The highest BCUT2D eigenvalue weighted by atomic mass is 15.1. The van der Waals surface area contributed by atoms with Gasteiger partial charge in [-0.1, -0.05) is 12.1 Å². The van der Waals surface area contributed by atoms with Crippen LogP contribution in [0.3, 0.4) is 0 Å². The molecule has 1 aromatic rings. The number of hydrogen-bond donors (Lipinski definition) is 1. The highest BCUT2D eigenvalue weighted by molar-refractivity contribution is 5.46. The number of nitrogens with zero attached hydrogens (tertiary/aromatic N) is 1. The molecular weight excluding hydrogens is 196 g/mol. The minimum atomic E-state index is 0.101. The molecule has 0 spiro atoms. The lowest BCUT2D eigenvalue weighted by Crippen LogP contribution is -2.11. The van der Waals surface area contributed by atoms with Gasteiger partial charge in [0, 0.05) is 32.2 Å². The van der Waals surface area contributed by atoms with Crippen LogP contribution in [0.4, 0.5) is 5.69 Å². The second-order valence-corrected chi connectivity index (χ2v) is 4.19. The molecule has 0 aliphatic carbocycles. The van der Waals surface area contributed by atoms with Crippen LogP contribution in [0.1, 0.15) is 30.9 Å². The summed E-state index contributed by atoms with van der Waals surface area (Å²) in [5.74, 6) is 2.64. The van der Waals surface area contributed by atoms with Crippen molar-refractivity contribution in [2.45, 2.75) is 25.3 Å². The zero-order valence-electron chi connectivity index (χ0n) is 10.1. The first-order valence-corrected chi connectivity index (χ1v) is 5.61. The Morgan fingerprint density at radius 3 is 2.44 bits per heavy atom. The summed E-state index contributed by atoms with van der Waals surface area (Å²) in [6, 6.07) is 8.47. The quantitative estimate of drug-likeness (QED) is 0.605. The molecule has 1 atom stereocenters. The Morgan fingerprint density at radius 1 is 1.31 bits per heavy atom. The fourth-order valence-electron chi connectivity index (χ4n) is 1.61. The van der Waals surface area contributed by atoms with E-state index in [2.05, 4.69) is 35.1 Å². The summed E-state index contributed by atoms with van der Waals surface area (Å²) in [5.41, 5.74) is 8.46. The van der Waals surface area contributed by atoms with E-state index in [9.17, 15) is 0 Å². The third-order valence-electron chi connectivity index (χ3n) is 2.67. The van der Waals surface area contributed by atoms with E-state index in [1.165, 1.54) is 11.3 Å². The number of unbranched alkanes of at least 4 members (excludes halogenated alkanes) is 1. The van der Waals surface area contributed by atoms with Gasteiger partial charge in [0.15, 0.2) is 0 Å². The molecule has 2 N–H and O–H groups in total. The van der Waals surface area contributed by atoms with Gasteiger partial charge in [0.2, 0.25) is 0 Å². The van der Waals surface area contributed by atoms with Crippen LogP contribution >= 0.6 is 0 Å². The van der Waals surface area contributed by atoms with E-state index in [0.717, 1.165) is 19.3 Å². The second-order valence-electron chi connectivity index (χ2n) is 4.19. The predicted octanol–water partition coefficient (Wildman–Crippen LogP) is 2.56. The van der Waals surface area contributed by atoms with Crippen LogP contribution in [0.2, 0.25) is 0 Å². The lowest BCUT2D eigenvalue weighted by molar-refractivity contribution is 0.621. The van der Waals surface area contributed by atoms with E-state index >= 15 is 0 Å². The number of nitrogens with two attached hydrogens (primary N) is 1. The van der Waals surface area contributed by atoms with E-state index in [1.807, 2.05) is 14.1 Å². The van der Waals surface area contributed by atoms with Crippen LogP contribution in [-0.4, -0.2) is 14.1 Å².